The Morgan fingerprint density at radius 2 is 1.94 bits per heavy atom. The monoisotopic (exact) mass is 477 g/mol. The Morgan fingerprint density at radius 3 is 2.56 bits per heavy atom. The highest BCUT2D eigenvalue weighted by Gasteiger charge is 2.41. The minimum Gasteiger partial charge on any atom is -0.472 e. The highest BCUT2D eigenvalue weighted by atomic mass is 19.4. The van der Waals surface area contributed by atoms with Gasteiger partial charge in [0.1, 0.15) is 23.2 Å². The van der Waals surface area contributed by atoms with E-state index in [9.17, 15) is 22.4 Å². The van der Waals surface area contributed by atoms with Crippen molar-refractivity contribution in [1.82, 2.24) is 24.9 Å². The van der Waals surface area contributed by atoms with E-state index in [0.29, 0.717) is 25.6 Å². The zero-order chi connectivity index (χ0) is 24.5. The average Bonchev–Trinajstić information content (AvgIpc) is 3.46. The first-order valence-electron chi connectivity index (χ1n) is 10.8. The maximum absolute atomic E-state index is 14.9. The van der Waals surface area contributed by atoms with Crippen LogP contribution in [0, 0.1) is 11.7 Å². The zero-order valence-corrected chi connectivity index (χ0v) is 18.5. The van der Waals surface area contributed by atoms with E-state index >= 15 is 0 Å². The molecule has 180 valence electrons. The molecular formula is C23H23F4N5O2. The average molecular weight is 477 g/mol. The Balaban J connectivity index is 1.61. The van der Waals surface area contributed by atoms with Crippen molar-refractivity contribution < 1.29 is 27.1 Å². The molecule has 0 spiro atoms. The number of halogens is 4. The number of hydrogen-bond acceptors (Lipinski definition) is 5. The first-order valence-corrected chi connectivity index (χ1v) is 10.8. The molecule has 1 aromatic carbocycles. The van der Waals surface area contributed by atoms with E-state index < -0.39 is 35.6 Å². The lowest BCUT2D eigenvalue weighted by atomic mass is 10.0. The number of nitrogens with zero attached hydrogens (tertiary/aromatic N) is 5. The minimum absolute atomic E-state index is 0.0270. The number of aromatic nitrogens is 4. The molecule has 3 aromatic rings. The molecule has 0 saturated carbocycles. The Kier molecular flexibility index (Phi) is 6.54. The molecular weight excluding hydrogens is 454 g/mol. The number of pyridine rings is 1. The van der Waals surface area contributed by atoms with Gasteiger partial charge in [0.05, 0.1) is 24.0 Å². The van der Waals surface area contributed by atoms with E-state index in [1.54, 1.807) is 11.0 Å². The van der Waals surface area contributed by atoms with Gasteiger partial charge in [0.15, 0.2) is 0 Å². The molecule has 7 nitrogen and oxygen atoms in total. The minimum atomic E-state index is -4.50. The van der Waals surface area contributed by atoms with Crippen molar-refractivity contribution in [2.45, 2.75) is 45.0 Å². The molecule has 4 rings (SSSR count). The van der Waals surface area contributed by atoms with Gasteiger partial charge in [0.25, 0.3) is 5.91 Å². The van der Waals surface area contributed by atoms with Crippen molar-refractivity contribution in [2.24, 2.45) is 5.92 Å². The summed E-state index contributed by atoms with van der Waals surface area (Å²) < 4.78 is 59.3. The van der Waals surface area contributed by atoms with Crippen molar-refractivity contribution in [3.05, 3.63) is 65.9 Å². The molecule has 1 aliphatic heterocycles. The number of rotatable bonds is 6. The van der Waals surface area contributed by atoms with E-state index in [1.165, 1.54) is 29.3 Å². The molecule has 1 fully saturated rings. The molecule has 2 aromatic heterocycles. The fraction of sp³-hybridized carbons (Fsp3) is 0.391. The molecule has 0 bridgehead atoms. The van der Waals surface area contributed by atoms with Gasteiger partial charge in [-0.05, 0) is 37.0 Å². The van der Waals surface area contributed by atoms with Crippen LogP contribution in [0.15, 0.2) is 48.9 Å². The maximum Gasteiger partial charge on any atom is 0.417 e. The normalized spacial score (nSPS) is 19.3. The molecule has 3 atom stereocenters. The van der Waals surface area contributed by atoms with E-state index in [0.717, 1.165) is 12.1 Å². The predicted octanol–water partition coefficient (Wildman–Crippen LogP) is 4.53. The van der Waals surface area contributed by atoms with Crippen LogP contribution in [0.4, 0.5) is 17.6 Å². The summed E-state index contributed by atoms with van der Waals surface area (Å²) in [5.74, 6) is -1.08. The Hall–Kier alpha value is -3.50. The third-order valence-corrected chi connectivity index (χ3v) is 5.82. The molecule has 11 heteroatoms. The van der Waals surface area contributed by atoms with Crippen LogP contribution in [0.1, 0.15) is 42.6 Å². The summed E-state index contributed by atoms with van der Waals surface area (Å²) in [6.45, 7) is 4.20. The van der Waals surface area contributed by atoms with E-state index in [2.05, 4.69) is 15.2 Å². The molecule has 3 heterocycles. The van der Waals surface area contributed by atoms with Crippen LogP contribution in [0.3, 0.4) is 0 Å². The third-order valence-electron chi connectivity index (χ3n) is 5.82. The highest BCUT2D eigenvalue weighted by Crippen LogP contribution is 2.33. The van der Waals surface area contributed by atoms with Crippen molar-refractivity contribution in [2.75, 3.05) is 6.54 Å². The fourth-order valence-corrected chi connectivity index (χ4v) is 4.25. The van der Waals surface area contributed by atoms with Gasteiger partial charge in [-0.1, -0.05) is 19.9 Å². The number of benzene rings is 1. The standard InChI is InChI=1S/C23H23F4N5O2/c1-3-19(34-20-8-7-15(12-28-20)23(25,26)27)18-11-14(2)13-31(18)22(33)21-16(24)5-4-6-17(21)32-29-9-10-30-32/h4-10,12,14,18-19H,3,11,13H2,1-2H3. The first kappa shape index (κ1) is 23.7. The van der Waals surface area contributed by atoms with Gasteiger partial charge in [0.2, 0.25) is 5.88 Å². The molecule has 0 N–H and O–H groups in total. The maximum atomic E-state index is 14.9. The number of hydrogen-bond donors (Lipinski definition) is 0. The first-order chi connectivity index (χ1) is 16.2. The number of carbonyl (C=O) groups is 1. The van der Waals surface area contributed by atoms with Crippen LogP contribution in [0.5, 0.6) is 5.88 Å². The number of carbonyl (C=O) groups excluding carboxylic acids is 1. The van der Waals surface area contributed by atoms with Gasteiger partial charge in [0, 0.05) is 18.8 Å². The number of alkyl halides is 3. The molecule has 34 heavy (non-hydrogen) atoms. The zero-order valence-electron chi connectivity index (χ0n) is 18.5. The molecule has 1 aliphatic rings. The highest BCUT2D eigenvalue weighted by molar-refractivity contribution is 5.98. The van der Waals surface area contributed by atoms with Crippen LogP contribution in [0.2, 0.25) is 0 Å². The molecule has 0 aliphatic carbocycles. The number of ether oxygens (including phenoxy) is 1. The van der Waals surface area contributed by atoms with Crippen LogP contribution >= 0.6 is 0 Å². The SMILES string of the molecule is CCC(Oc1ccc(C(F)(F)F)cn1)C1CC(C)CN1C(=O)c1c(F)cccc1-n1nccn1. The number of amides is 1. The fourth-order valence-electron chi connectivity index (χ4n) is 4.25. The van der Waals surface area contributed by atoms with Gasteiger partial charge >= 0.3 is 6.18 Å². The van der Waals surface area contributed by atoms with E-state index in [-0.39, 0.29) is 23.0 Å². The second-order valence-electron chi connectivity index (χ2n) is 8.27. The van der Waals surface area contributed by atoms with Gasteiger partial charge in [-0.25, -0.2) is 9.37 Å². The van der Waals surface area contributed by atoms with E-state index in [4.69, 9.17) is 4.74 Å². The third kappa shape index (κ3) is 4.73. The topological polar surface area (TPSA) is 73.1 Å². The van der Waals surface area contributed by atoms with Gasteiger partial charge in [-0.15, -0.1) is 0 Å². The van der Waals surface area contributed by atoms with Crippen molar-refractivity contribution in [3.63, 3.8) is 0 Å². The quantitative estimate of drug-likeness (QED) is 0.488. The van der Waals surface area contributed by atoms with Crippen LogP contribution < -0.4 is 4.74 Å². The lowest BCUT2D eigenvalue weighted by Gasteiger charge is -2.31. The van der Waals surface area contributed by atoms with Crippen LogP contribution in [-0.4, -0.2) is 49.5 Å². The Morgan fingerprint density at radius 1 is 1.21 bits per heavy atom. The molecule has 1 amide bonds. The van der Waals surface area contributed by atoms with E-state index in [1.807, 2.05) is 13.8 Å². The van der Waals surface area contributed by atoms with Gasteiger partial charge < -0.3 is 9.64 Å². The molecule has 0 radical (unpaired) electrons. The van der Waals surface area contributed by atoms with Crippen LogP contribution in [0.25, 0.3) is 5.69 Å². The largest absolute Gasteiger partial charge is 0.472 e. The lowest BCUT2D eigenvalue weighted by Crippen LogP contribution is -2.45. The summed E-state index contributed by atoms with van der Waals surface area (Å²) in [5, 5.41) is 8.04. The summed E-state index contributed by atoms with van der Waals surface area (Å²) in [4.78, 5) is 20.1. The van der Waals surface area contributed by atoms with Crippen molar-refractivity contribution >= 4 is 5.91 Å². The number of likely N-dealkylation sites (tertiary alicyclic amines) is 1. The van der Waals surface area contributed by atoms with Crippen LogP contribution in [-0.2, 0) is 6.18 Å². The summed E-state index contributed by atoms with van der Waals surface area (Å²) in [6, 6.07) is 5.88. The van der Waals surface area contributed by atoms with Crippen molar-refractivity contribution in [3.8, 4) is 11.6 Å². The Labute approximate surface area is 193 Å². The summed E-state index contributed by atoms with van der Waals surface area (Å²) >= 11 is 0. The van der Waals surface area contributed by atoms with Gasteiger partial charge in [-0.3, -0.25) is 4.79 Å². The van der Waals surface area contributed by atoms with Gasteiger partial charge in [-0.2, -0.15) is 28.2 Å². The second kappa shape index (κ2) is 9.40. The molecule has 1 saturated heterocycles. The lowest BCUT2D eigenvalue weighted by molar-refractivity contribution is -0.137. The smallest absolute Gasteiger partial charge is 0.417 e. The predicted molar refractivity (Wildman–Crippen MR) is 114 cm³/mol. The summed E-state index contributed by atoms with van der Waals surface area (Å²) in [5.41, 5.74) is -0.814. The molecule has 3 unspecified atom stereocenters. The summed E-state index contributed by atoms with van der Waals surface area (Å²) in [6.07, 6.45) is -0.415. The van der Waals surface area contributed by atoms with Crippen molar-refractivity contribution in [1.29, 1.82) is 0 Å². The second-order valence-corrected chi connectivity index (χ2v) is 8.27. The Bertz CT molecular complexity index is 1140. The summed E-state index contributed by atoms with van der Waals surface area (Å²) in [7, 11) is 0.